The van der Waals surface area contributed by atoms with Crippen LogP contribution in [-0.2, 0) is 0 Å². The molecule has 0 spiro atoms. The van der Waals surface area contributed by atoms with Crippen molar-refractivity contribution in [1.82, 2.24) is 9.55 Å². The molecule has 1 N–H and O–H groups in total. The van der Waals surface area contributed by atoms with E-state index in [0.29, 0.717) is 5.75 Å². The molecule has 5 aromatic rings. The number of aromatic nitrogens is 2. The van der Waals surface area contributed by atoms with E-state index in [0.717, 1.165) is 39.1 Å². The number of thioether (sulfide) groups is 1. The fraction of sp³-hybridized carbons (Fsp3) is 0.0345. The third kappa shape index (κ3) is 5.11. The number of nitrogens with zero attached hydrogens (tertiary/aromatic N) is 3. The van der Waals surface area contributed by atoms with Gasteiger partial charge in [0.2, 0.25) is 0 Å². The summed E-state index contributed by atoms with van der Waals surface area (Å²) in [6.07, 6.45) is 1.95. The maximum absolute atomic E-state index is 4.80. The van der Waals surface area contributed by atoms with Crippen LogP contribution in [0.2, 0.25) is 0 Å². The Bertz CT molecular complexity index is 1350. The Morgan fingerprint density at radius 1 is 0.735 bits per heavy atom. The average Bonchev–Trinajstić information content (AvgIpc) is 3.35. The van der Waals surface area contributed by atoms with Crippen molar-refractivity contribution < 1.29 is 0 Å². The smallest absolute Gasteiger partial charge is 0.173 e. The first kappa shape index (κ1) is 21.7. The van der Waals surface area contributed by atoms with Gasteiger partial charge in [0.25, 0.3) is 0 Å². The van der Waals surface area contributed by atoms with E-state index in [1.54, 1.807) is 11.8 Å². The fourth-order valence-corrected chi connectivity index (χ4v) is 4.62. The topological polar surface area (TPSA) is 42.2 Å². The Kier molecular flexibility index (Phi) is 6.83. The molecular formula is C29H24N4S. The van der Waals surface area contributed by atoms with Crippen LogP contribution in [0.1, 0.15) is 5.56 Å². The summed E-state index contributed by atoms with van der Waals surface area (Å²) in [6.45, 7) is 0. The standard InChI is InChI=1S/C29H24N4S/c1-5-13-23(14-6-1)27(32-31-25-17-9-3-10-18-25)22-34-29-30-21-28(24-15-7-2-8-16-24)33(29)26-19-11-4-12-20-26/h1-21,31H,22H2/b32-27-. The van der Waals surface area contributed by atoms with Crippen molar-refractivity contribution in [2.24, 2.45) is 5.10 Å². The number of hydrogen-bond donors (Lipinski definition) is 1. The number of rotatable bonds is 8. The molecule has 1 aromatic heterocycles. The van der Waals surface area contributed by atoms with Gasteiger partial charge in [0.15, 0.2) is 5.16 Å². The summed E-state index contributed by atoms with van der Waals surface area (Å²) < 4.78 is 2.22. The molecule has 0 saturated heterocycles. The van der Waals surface area contributed by atoms with Gasteiger partial charge >= 0.3 is 0 Å². The van der Waals surface area contributed by atoms with Crippen LogP contribution in [0.4, 0.5) is 5.69 Å². The molecular weight excluding hydrogens is 436 g/mol. The van der Waals surface area contributed by atoms with E-state index in [1.807, 2.05) is 66.9 Å². The zero-order valence-electron chi connectivity index (χ0n) is 18.6. The van der Waals surface area contributed by atoms with E-state index < -0.39 is 0 Å². The molecule has 5 rings (SSSR count). The van der Waals surface area contributed by atoms with Crippen LogP contribution in [0.25, 0.3) is 16.9 Å². The largest absolute Gasteiger partial charge is 0.287 e. The normalized spacial score (nSPS) is 11.4. The van der Waals surface area contributed by atoms with Crippen molar-refractivity contribution >= 4 is 23.2 Å². The molecule has 4 nitrogen and oxygen atoms in total. The SMILES string of the molecule is c1ccc(N/N=C(/CSc2ncc(-c3ccccc3)n2-c2ccccc2)c2ccccc2)cc1. The van der Waals surface area contributed by atoms with Crippen LogP contribution in [-0.4, -0.2) is 21.0 Å². The summed E-state index contributed by atoms with van der Waals surface area (Å²) in [6, 6.07) is 41.0. The second-order valence-corrected chi connectivity index (χ2v) is 8.60. The van der Waals surface area contributed by atoms with Crippen molar-refractivity contribution in [2.45, 2.75) is 5.16 Å². The van der Waals surface area contributed by atoms with Crippen molar-refractivity contribution in [3.8, 4) is 16.9 Å². The highest BCUT2D eigenvalue weighted by Gasteiger charge is 2.15. The first-order valence-electron chi connectivity index (χ1n) is 11.1. The van der Waals surface area contributed by atoms with Gasteiger partial charge in [-0.25, -0.2) is 4.98 Å². The van der Waals surface area contributed by atoms with Gasteiger partial charge in [-0.2, -0.15) is 5.10 Å². The first-order valence-corrected chi connectivity index (χ1v) is 12.1. The van der Waals surface area contributed by atoms with Crippen molar-refractivity contribution in [2.75, 3.05) is 11.2 Å². The number of hydrazone groups is 1. The molecule has 0 aliphatic rings. The highest BCUT2D eigenvalue weighted by Crippen LogP contribution is 2.30. The third-order valence-electron chi connectivity index (χ3n) is 5.35. The maximum Gasteiger partial charge on any atom is 0.173 e. The Labute approximate surface area is 204 Å². The second kappa shape index (κ2) is 10.7. The lowest BCUT2D eigenvalue weighted by molar-refractivity contribution is 0.902. The Hall–Kier alpha value is -4.09. The molecule has 0 atom stereocenters. The second-order valence-electron chi connectivity index (χ2n) is 7.65. The number of anilines is 1. The highest BCUT2D eigenvalue weighted by molar-refractivity contribution is 7.99. The number of nitrogens with one attached hydrogen (secondary N) is 1. The summed E-state index contributed by atoms with van der Waals surface area (Å²) in [4.78, 5) is 4.80. The molecule has 5 heteroatoms. The van der Waals surface area contributed by atoms with E-state index in [1.165, 1.54) is 0 Å². The number of benzene rings is 4. The highest BCUT2D eigenvalue weighted by atomic mass is 32.2. The number of imidazole rings is 1. The molecule has 0 aliphatic heterocycles. The molecule has 1 heterocycles. The van der Waals surface area contributed by atoms with E-state index in [4.69, 9.17) is 10.1 Å². The Morgan fingerprint density at radius 2 is 1.32 bits per heavy atom. The van der Waals surface area contributed by atoms with Gasteiger partial charge in [0, 0.05) is 17.0 Å². The zero-order chi connectivity index (χ0) is 23.0. The molecule has 0 radical (unpaired) electrons. The minimum atomic E-state index is 0.669. The minimum absolute atomic E-state index is 0.669. The van der Waals surface area contributed by atoms with Gasteiger partial charge in [-0.3, -0.25) is 9.99 Å². The Balaban J connectivity index is 1.47. The van der Waals surface area contributed by atoms with Crippen LogP contribution in [0, 0.1) is 0 Å². The first-order chi connectivity index (χ1) is 16.9. The van der Waals surface area contributed by atoms with Crippen LogP contribution in [0.15, 0.2) is 138 Å². The van der Waals surface area contributed by atoms with E-state index in [-0.39, 0.29) is 0 Å². The van der Waals surface area contributed by atoms with Gasteiger partial charge in [0.1, 0.15) is 0 Å². The molecule has 4 aromatic carbocycles. The van der Waals surface area contributed by atoms with Crippen LogP contribution >= 0.6 is 11.8 Å². The molecule has 166 valence electrons. The fourth-order valence-electron chi connectivity index (χ4n) is 3.66. The van der Waals surface area contributed by atoms with Crippen LogP contribution < -0.4 is 5.43 Å². The number of hydrogen-bond acceptors (Lipinski definition) is 4. The monoisotopic (exact) mass is 460 g/mol. The third-order valence-corrected chi connectivity index (χ3v) is 6.32. The summed E-state index contributed by atoms with van der Waals surface area (Å²) in [7, 11) is 0. The molecule has 0 saturated carbocycles. The summed E-state index contributed by atoms with van der Waals surface area (Å²) >= 11 is 1.68. The molecule has 0 unspecified atom stereocenters. The summed E-state index contributed by atoms with van der Waals surface area (Å²) in [5.74, 6) is 0.669. The zero-order valence-corrected chi connectivity index (χ0v) is 19.4. The van der Waals surface area contributed by atoms with Gasteiger partial charge in [-0.05, 0) is 29.8 Å². The molecule has 0 bridgehead atoms. The maximum atomic E-state index is 4.80. The van der Waals surface area contributed by atoms with Crippen LogP contribution in [0.3, 0.4) is 0 Å². The van der Waals surface area contributed by atoms with Crippen LogP contribution in [0.5, 0.6) is 0 Å². The van der Waals surface area contributed by atoms with Crippen molar-refractivity contribution in [3.05, 3.63) is 133 Å². The lowest BCUT2D eigenvalue weighted by atomic mass is 10.1. The van der Waals surface area contributed by atoms with Crippen molar-refractivity contribution in [3.63, 3.8) is 0 Å². The van der Waals surface area contributed by atoms with E-state index >= 15 is 0 Å². The lowest BCUT2D eigenvalue weighted by Gasteiger charge is -2.13. The molecule has 34 heavy (non-hydrogen) atoms. The molecule has 0 amide bonds. The van der Waals surface area contributed by atoms with Gasteiger partial charge < -0.3 is 0 Å². The molecule has 0 aliphatic carbocycles. The number of para-hydroxylation sites is 2. The predicted octanol–water partition coefficient (Wildman–Crippen LogP) is 7.15. The minimum Gasteiger partial charge on any atom is -0.287 e. The van der Waals surface area contributed by atoms with Crippen molar-refractivity contribution in [1.29, 1.82) is 0 Å². The average molecular weight is 461 g/mol. The van der Waals surface area contributed by atoms with Gasteiger partial charge in [-0.1, -0.05) is 109 Å². The van der Waals surface area contributed by atoms with E-state index in [9.17, 15) is 0 Å². The van der Waals surface area contributed by atoms with Gasteiger partial charge in [-0.15, -0.1) is 0 Å². The summed E-state index contributed by atoms with van der Waals surface area (Å²) in [5, 5.41) is 5.68. The summed E-state index contributed by atoms with van der Waals surface area (Å²) in [5.41, 5.74) is 9.48. The molecule has 0 fully saturated rings. The Morgan fingerprint density at radius 3 is 2.00 bits per heavy atom. The van der Waals surface area contributed by atoms with E-state index in [2.05, 4.69) is 70.7 Å². The predicted molar refractivity (Wildman–Crippen MR) is 143 cm³/mol. The quantitative estimate of drug-likeness (QED) is 0.152. The lowest BCUT2D eigenvalue weighted by Crippen LogP contribution is -2.09. The van der Waals surface area contributed by atoms with Gasteiger partial charge in [0.05, 0.1) is 23.3 Å².